The Hall–Kier alpha value is -1.86. The molecule has 0 bridgehead atoms. The highest BCUT2D eigenvalue weighted by atomic mass is 19.4. The van der Waals surface area contributed by atoms with E-state index in [9.17, 15) is 28.2 Å². The van der Waals surface area contributed by atoms with E-state index >= 15 is 0 Å². The van der Waals surface area contributed by atoms with Crippen LogP contribution in [-0.4, -0.2) is 34.4 Å². The van der Waals surface area contributed by atoms with Crippen LogP contribution in [0.2, 0.25) is 0 Å². The van der Waals surface area contributed by atoms with Gasteiger partial charge >= 0.3 is 12.1 Å². The monoisotopic (exact) mass is 371 g/mol. The molecule has 26 heavy (non-hydrogen) atoms. The van der Waals surface area contributed by atoms with Crippen LogP contribution in [0.15, 0.2) is 30.3 Å². The van der Waals surface area contributed by atoms with E-state index in [4.69, 9.17) is 0 Å². The van der Waals surface area contributed by atoms with Gasteiger partial charge in [-0.05, 0) is 36.5 Å². The lowest BCUT2D eigenvalue weighted by atomic mass is 9.84. The standard InChI is InChI=1S/C19H24F3NO3/c20-19(21,22)17(25)23-12-8-16(24)15-6-4-5-14(13-15)7-11-18(26)9-2-1-3-10-18/h4-7,11,13,16,24,26H,1-3,8-10,12H2,(H,23,25)/b11-7+. The van der Waals surface area contributed by atoms with Crippen molar-refractivity contribution < 1.29 is 28.2 Å². The highest BCUT2D eigenvalue weighted by Gasteiger charge is 2.38. The van der Waals surface area contributed by atoms with Crippen LogP contribution < -0.4 is 5.32 Å². The highest BCUT2D eigenvalue weighted by Crippen LogP contribution is 2.30. The minimum Gasteiger partial charge on any atom is -0.388 e. The van der Waals surface area contributed by atoms with Gasteiger partial charge in [-0.2, -0.15) is 13.2 Å². The second-order valence-corrected chi connectivity index (χ2v) is 6.73. The first-order valence-corrected chi connectivity index (χ1v) is 8.74. The van der Waals surface area contributed by atoms with Crippen LogP contribution in [-0.2, 0) is 4.79 Å². The molecule has 0 aliphatic heterocycles. The topological polar surface area (TPSA) is 69.6 Å². The number of aliphatic hydroxyl groups excluding tert-OH is 1. The molecular formula is C19H24F3NO3. The van der Waals surface area contributed by atoms with Crippen molar-refractivity contribution in [3.63, 3.8) is 0 Å². The lowest BCUT2D eigenvalue weighted by Gasteiger charge is -2.28. The van der Waals surface area contributed by atoms with Gasteiger partial charge in [0.2, 0.25) is 0 Å². The van der Waals surface area contributed by atoms with Gasteiger partial charge in [-0.25, -0.2) is 0 Å². The first kappa shape index (κ1) is 20.5. The summed E-state index contributed by atoms with van der Waals surface area (Å²) >= 11 is 0. The van der Waals surface area contributed by atoms with Gasteiger partial charge in [-0.3, -0.25) is 4.79 Å². The fraction of sp³-hybridized carbons (Fsp3) is 0.526. The molecule has 0 heterocycles. The summed E-state index contributed by atoms with van der Waals surface area (Å²) in [6.45, 7) is -0.278. The number of hydrogen-bond donors (Lipinski definition) is 3. The average molecular weight is 371 g/mol. The van der Waals surface area contributed by atoms with Crippen molar-refractivity contribution >= 4 is 12.0 Å². The number of aliphatic hydroxyl groups is 2. The second kappa shape index (κ2) is 8.68. The Morgan fingerprint density at radius 3 is 2.62 bits per heavy atom. The summed E-state index contributed by atoms with van der Waals surface area (Å²) in [7, 11) is 0. The summed E-state index contributed by atoms with van der Waals surface area (Å²) < 4.78 is 36.3. The zero-order valence-electron chi connectivity index (χ0n) is 14.4. The van der Waals surface area contributed by atoms with Gasteiger partial charge in [0.05, 0.1) is 11.7 Å². The van der Waals surface area contributed by atoms with Gasteiger partial charge < -0.3 is 15.5 Å². The normalized spacial score (nSPS) is 18.7. The van der Waals surface area contributed by atoms with Crippen molar-refractivity contribution in [3.8, 4) is 0 Å². The Bertz CT molecular complexity index is 637. The van der Waals surface area contributed by atoms with E-state index in [1.165, 1.54) is 0 Å². The van der Waals surface area contributed by atoms with E-state index in [0.29, 0.717) is 5.56 Å². The van der Waals surface area contributed by atoms with E-state index in [0.717, 1.165) is 37.7 Å². The third-order valence-corrected chi connectivity index (χ3v) is 4.56. The number of rotatable bonds is 6. The van der Waals surface area contributed by atoms with E-state index in [1.807, 2.05) is 6.07 Å². The molecule has 0 spiro atoms. The van der Waals surface area contributed by atoms with Crippen LogP contribution in [0.25, 0.3) is 6.08 Å². The van der Waals surface area contributed by atoms with E-state index in [-0.39, 0.29) is 13.0 Å². The Morgan fingerprint density at radius 2 is 1.96 bits per heavy atom. The van der Waals surface area contributed by atoms with Crippen LogP contribution in [0.3, 0.4) is 0 Å². The number of hydrogen-bond acceptors (Lipinski definition) is 3. The molecule has 1 amide bonds. The summed E-state index contributed by atoms with van der Waals surface area (Å²) in [5, 5.41) is 22.3. The SMILES string of the molecule is O=C(NCCC(O)c1cccc(/C=C/C2(O)CCCCC2)c1)C(F)(F)F. The number of carbonyl (C=O) groups excluding carboxylic acids is 1. The summed E-state index contributed by atoms with van der Waals surface area (Å²) in [6.07, 6.45) is 2.20. The molecule has 1 aromatic rings. The molecule has 0 saturated heterocycles. The van der Waals surface area contributed by atoms with E-state index < -0.39 is 23.8 Å². The second-order valence-electron chi connectivity index (χ2n) is 6.73. The lowest BCUT2D eigenvalue weighted by Crippen LogP contribution is -2.37. The van der Waals surface area contributed by atoms with Crippen LogP contribution in [0, 0.1) is 0 Å². The number of alkyl halides is 3. The van der Waals surface area contributed by atoms with Crippen molar-refractivity contribution in [3.05, 3.63) is 41.5 Å². The molecular weight excluding hydrogens is 347 g/mol. The molecule has 1 atom stereocenters. The zero-order chi connectivity index (χ0) is 19.2. The smallest absolute Gasteiger partial charge is 0.388 e. The molecule has 7 heteroatoms. The Labute approximate surface area is 150 Å². The first-order chi connectivity index (χ1) is 12.2. The molecule has 1 aliphatic rings. The number of amides is 1. The van der Waals surface area contributed by atoms with Gasteiger partial charge in [0.25, 0.3) is 0 Å². The predicted molar refractivity (Wildman–Crippen MR) is 92.2 cm³/mol. The van der Waals surface area contributed by atoms with Crippen LogP contribution in [0.5, 0.6) is 0 Å². The van der Waals surface area contributed by atoms with Gasteiger partial charge in [-0.15, -0.1) is 0 Å². The van der Waals surface area contributed by atoms with Crippen molar-refractivity contribution in [1.29, 1.82) is 0 Å². The molecule has 1 saturated carbocycles. The Balaban J connectivity index is 1.92. The molecule has 1 aromatic carbocycles. The van der Waals surface area contributed by atoms with Gasteiger partial charge in [-0.1, -0.05) is 49.6 Å². The maximum absolute atomic E-state index is 12.1. The summed E-state index contributed by atoms with van der Waals surface area (Å²) in [5.74, 6) is -2.01. The molecule has 1 fully saturated rings. The van der Waals surface area contributed by atoms with E-state index in [1.54, 1.807) is 35.7 Å². The largest absolute Gasteiger partial charge is 0.471 e. The lowest BCUT2D eigenvalue weighted by molar-refractivity contribution is -0.173. The van der Waals surface area contributed by atoms with Crippen molar-refractivity contribution in [2.45, 2.75) is 56.4 Å². The van der Waals surface area contributed by atoms with Crippen LogP contribution in [0.4, 0.5) is 13.2 Å². The Morgan fingerprint density at radius 1 is 1.27 bits per heavy atom. The fourth-order valence-corrected chi connectivity index (χ4v) is 3.04. The molecule has 2 rings (SSSR count). The summed E-state index contributed by atoms with van der Waals surface area (Å²) in [5.41, 5.74) is 0.540. The zero-order valence-corrected chi connectivity index (χ0v) is 14.4. The number of benzene rings is 1. The minimum atomic E-state index is -4.92. The molecule has 1 aliphatic carbocycles. The highest BCUT2D eigenvalue weighted by molar-refractivity contribution is 5.81. The van der Waals surface area contributed by atoms with Crippen LogP contribution in [0.1, 0.15) is 55.8 Å². The quantitative estimate of drug-likeness (QED) is 0.717. The number of nitrogens with one attached hydrogen (secondary N) is 1. The summed E-state index contributed by atoms with van der Waals surface area (Å²) in [4.78, 5) is 10.8. The first-order valence-electron chi connectivity index (χ1n) is 8.74. The third-order valence-electron chi connectivity index (χ3n) is 4.56. The van der Waals surface area contributed by atoms with Crippen LogP contribution >= 0.6 is 0 Å². The molecule has 4 nitrogen and oxygen atoms in total. The summed E-state index contributed by atoms with van der Waals surface area (Å²) in [6, 6.07) is 6.95. The molecule has 0 aromatic heterocycles. The maximum atomic E-state index is 12.1. The van der Waals surface area contributed by atoms with Crippen molar-refractivity contribution in [1.82, 2.24) is 5.32 Å². The van der Waals surface area contributed by atoms with Crippen molar-refractivity contribution in [2.24, 2.45) is 0 Å². The molecule has 1 unspecified atom stereocenters. The van der Waals surface area contributed by atoms with Gasteiger partial charge in [0.15, 0.2) is 0 Å². The molecule has 3 N–H and O–H groups in total. The predicted octanol–water partition coefficient (Wildman–Crippen LogP) is 3.50. The number of halogens is 3. The fourth-order valence-electron chi connectivity index (χ4n) is 3.04. The minimum absolute atomic E-state index is 0.0288. The average Bonchev–Trinajstić information content (AvgIpc) is 2.60. The number of carbonyl (C=O) groups is 1. The van der Waals surface area contributed by atoms with Gasteiger partial charge in [0, 0.05) is 6.54 Å². The van der Waals surface area contributed by atoms with E-state index in [2.05, 4.69) is 0 Å². The third kappa shape index (κ3) is 6.14. The van der Waals surface area contributed by atoms with Crippen molar-refractivity contribution in [2.75, 3.05) is 6.54 Å². The molecule has 144 valence electrons. The maximum Gasteiger partial charge on any atom is 0.471 e. The van der Waals surface area contributed by atoms with Gasteiger partial charge in [0.1, 0.15) is 0 Å². The Kier molecular flexibility index (Phi) is 6.83. The molecule has 0 radical (unpaired) electrons.